The van der Waals surface area contributed by atoms with Crippen molar-refractivity contribution in [2.75, 3.05) is 49.1 Å². The van der Waals surface area contributed by atoms with E-state index in [1.54, 1.807) is 0 Å². The van der Waals surface area contributed by atoms with Crippen LogP contribution in [0.2, 0.25) is 0 Å². The normalized spacial score (nSPS) is 28.7. The van der Waals surface area contributed by atoms with Crippen LogP contribution in [0.15, 0.2) is 24.3 Å². The minimum Gasteiger partial charge on any atom is -0.465 e. The standard InChI is InChI=1S/C25H36N4O3/c1-19-4-2-3-13-28(19)22-9-14-27(18-22)20-5-7-21(8-6-20)29-17-12-25(23(29)30)10-15-26(16-11-25)24(31)32/h5-8,19,22H,2-4,9-18H2,1H3,(H,31,32)/t19-,22-/m0/s1. The van der Waals surface area contributed by atoms with E-state index in [1.165, 1.54) is 42.8 Å². The summed E-state index contributed by atoms with van der Waals surface area (Å²) >= 11 is 0. The van der Waals surface area contributed by atoms with Crippen LogP contribution in [-0.4, -0.2) is 78.3 Å². The molecule has 4 aliphatic rings. The number of rotatable bonds is 3. The van der Waals surface area contributed by atoms with E-state index >= 15 is 0 Å². The molecule has 1 aromatic carbocycles. The minimum atomic E-state index is -0.878. The molecule has 4 saturated heterocycles. The Morgan fingerprint density at radius 2 is 1.62 bits per heavy atom. The Morgan fingerprint density at radius 3 is 2.31 bits per heavy atom. The number of hydrogen-bond acceptors (Lipinski definition) is 4. The third kappa shape index (κ3) is 3.85. The van der Waals surface area contributed by atoms with Gasteiger partial charge in [0.25, 0.3) is 0 Å². The number of carbonyl (C=O) groups excluding carboxylic acids is 1. The third-order valence-electron chi connectivity index (χ3n) is 8.52. The number of hydrogen-bond donors (Lipinski definition) is 1. The van der Waals surface area contributed by atoms with Crippen LogP contribution in [0.25, 0.3) is 0 Å². The molecule has 0 saturated carbocycles. The van der Waals surface area contributed by atoms with E-state index in [4.69, 9.17) is 0 Å². The molecular formula is C25H36N4O3. The van der Waals surface area contributed by atoms with Gasteiger partial charge in [-0.25, -0.2) is 4.79 Å². The van der Waals surface area contributed by atoms with Crippen LogP contribution in [0.5, 0.6) is 0 Å². The van der Waals surface area contributed by atoms with Crippen molar-refractivity contribution in [2.45, 2.75) is 64.0 Å². The lowest BCUT2D eigenvalue weighted by Crippen LogP contribution is -2.46. The summed E-state index contributed by atoms with van der Waals surface area (Å²) in [5.74, 6) is 0.176. The topological polar surface area (TPSA) is 67.3 Å². The van der Waals surface area contributed by atoms with Gasteiger partial charge in [-0.15, -0.1) is 0 Å². The molecule has 0 aromatic heterocycles. The van der Waals surface area contributed by atoms with Gasteiger partial charge < -0.3 is 19.8 Å². The van der Waals surface area contributed by atoms with E-state index in [2.05, 4.69) is 41.0 Å². The van der Waals surface area contributed by atoms with Crippen molar-refractivity contribution in [3.8, 4) is 0 Å². The van der Waals surface area contributed by atoms with Gasteiger partial charge in [0.2, 0.25) is 5.91 Å². The number of anilines is 2. The summed E-state index contributed by atoms with van der Waals surface area (Å²) in [6, 6.07) is 9.88. The molecule has 5 rings (SSSR count). The number of benzene rings is 1. The molecule has 7 nitrogen and oxygen atoms in total. The molecule has 1 spiro atoms. The fourth-order valence-electron chi connectivity index (χ4n) is 6.41. The predicted octanol–water partition coefficient (Wildman–Crippen LogP) is 3.64. The van der Waals surface area contributed by atoms with Gasteiger partial charge in [-0.1, -0.05) is 6.42 Å². The van der Waals surface area contributed by atoms with Crippen molar-refractivity contribution >= 4 is 23.4 Å². The first-order valence-corrected chi connectivity index (χ1v) is 12.4. The van der Waals surface area contributed by atoms with Gasteiger partial charge in [0.05, 0.1) is 5.41 Å². The van der Waals surface area contributed by atoms with Gasteiger partial charge >= 0.3 is 6.09 Å². The average Bonchev–Trinajstić information content (AvgIpc) is 3.41. The van der Waals surface area contributed by atoms with Gasteiger partial charge in [-0.2, -0.15) is 0 Å². The van der Waals surface area contributed by atoms with Gasteiger partial charge in [0, 0.05) is 56.2 Å². The summed E-state index contributed by atoms with van der Waals surface area (Å²) in [5.41, 5.74) is 1.84. The van der Waals surface area contributed by atoms with Crippen LogP contribution < -0.4 is 9.80 Å². The summed E-state index contributed by atoms with van der Waals surface area (Å²) in [7, 11) is 0. The number of nitrogens with zero attached hydrogens (tertiary/aromatic N) is 4. The Kier molecular flexibility index (Phi) is 5.78. The number of piperidine rings is 2. The highest BCUT2D eigenvalue weighted by molar-refractivity contribution is 6.00. The molecule has 32 heavy (non-hydrogen) atoms. The van der Waals surface area contributed by atoms with Crippen molar-refractivity contribution in [1.82, 2.24) is 9.80 Å². The maximum absolute atomic E-state index is 13.3. The van der Waals surface area contributed by atoms with Crippen LogP contribution in [0, 0.1) is 5.41 Å². The zero-order valence-electron chi connectivity index (χ0n) is 19.2. The zero-order chi connectivity index (χ0) is 22.3. The predicted molar refractivity (Wildman–Crippen MR) is 125 cm³/mol. The molecule has 4 fully saturated rings. The van der Waals surface area contributed by atoms with Gasteiger partial charge in [-0.3, -0.25) is 9.69 Å². The Labute approximate surface area is 190 Å². The highest BCUT2D eigenvalue weighted by Crippen LogP contribution is 2.43. The van der Waals surface area contributed by atoms with E-state index in [0.29, 0.717) is 38.0 Å². The SMILES string of the molecule is C[C@H]1CCCCN1[C@H]1CCN(c2ccc(N3CCC4(CCN(C(=O)O)CC4)C3=O)cc2)C1. The van der Waals surface area contributed by atoms with Crippen molar-refractivity contribution in [3.63, 3.8) is 0 Å². The van der Waals surface area contributed by atoms with Crippen LogP contribution in [0.1, 0.15) is 51.9 Å². The first-order chi connectivity index (χ1) is 15.5. The van der Waals surface area contributed by atoms with Crippen molar-refractivity contribution in [3.05, 3.63) is 24.3 Å². The molecule has 4 aliphatic heterocycles. The van der Waals surface area contributed by atoms with Crippen molar-refractivity contribution < 1.29 is 14.7 Å². The molecule has 2 atom stereocenters. The number of amides is 2. The highest BCUT2D eigenvalue weighted by atomic mass is 16.4. The molecule has 174 valence electrons. The lowest BCUT2D eigenvalue weighted by molar-refractivity contribution is -0.127. The van der Waals surface area contributed by atoms with E-state index in [0.717, 1.165) is 31.7 Å². The summed E-state index contributed by atoms with van der Waals surface area (Å²) < 4.78 is 0. The van der Waals surface area contributed by atoms with Crippen LogP contribution in [0.4, 0.5) is 16.2 Å². The second kappa shape index (κ2) is 8.58. The van der Waals surface area contributed by atoms with E-state index in [1.807, 2.05) is 4.90 Å². The highest BCUT2D eigenvalue weighted by Gasteiger charge is 2.49. The zero-order valence-corrected chi connectivity index (χ0v) is 19.2. The molecule has 2 amide bonds. The Morgan fingerprint density at radius 1 is 0.938 bits per heavy atom. The molecule has 1 N–H and O–H groups in total. The van der Waals surface area contributed by atoms with Crippen molar-refractivity contribution in [1.29, 1.82) is 0 Å². The van der Waals surface area contributed by atoms with Gasteiger partial charge in [0.15, 0.2) is 0 Å². The number of likely N-dealkylation sites (tertiary alicyclic amines) is 2. The minimum absolute atomic E-state index is 0.176. The summed E-state index contributed by atoms with van der Waals surface area (Å²) in [6.45, 7) is 7.45. The van der Waals surface area contributed by atoms with E-state index in [-0.39, 0.29) is 11.3 Å². The monoisotopic (exact) mass is 440 g/mol. The van der Waals surface area contributed by atoms with Crippen LogP contribution >= 0.6 is 0 Å². The lowest BCUT2D eigenvalue weighted by Gasteiger charge is -2.38. The smallest absolute Gasteiger partial charge is 0.407 e. The number of carboxylic acid groups (broad SMARTS) is 1. The maximum atomic E-state index is 13.3. The summed E-state index contributed by atoms with van der Waals surface area (Å²) in [6.07, 6.45) is 6.46. The Balaban J connectivity index is 1.21. The fraction of sp³-hybridized carbons (Fsp3) is 0.680. The molecule has 7 heteroatoms. The molecule has 0 unspecified atom stereocenters. The number of carbonyl (C=O) groups is 2. The Hall–Kier alpha value is -2.28. The quantitative estimate of drug-likeness (QED) is 0.777. The van der Waals surface area contributed by atoms with Crippen LogP contribution in [-0.2, 0) is 4.79 Å². The first-order valence-electron chi connectivity index (χ1n) is 12.4. The largest absolute Gasteiger partial charge is 0.465 e. The second-order valence-electron chi connectivity index (χ2n) is 10.2. The molecule has 0 aliphatic carbocycles. The molecular weight excluding hydrogens is 404 g/mol. The van der Waals surface area contributed by atoms with Gasteiger partial charge in [0.1, 0.15) is 0 Å². The molecule has 0 bridgehead atoms. The fourth-order valence-corrected chi connectivity index (χ4v) is 6.41. The molecule has 4 heterocycles. The molecule has 1 aromatic rings. The Bertz CT molecular complexity index is 849. The van der Waals surface area contributed by atoms with E-state index < -0.39 is 6.09 Å². The summed E-state index contributed by atoms with van der Waals surface area (Å²) in [5, 5.41) is 9.21. The first kappa shape index (κ1) is 21.6. The van der Waals surface area contributed by atoms with E-state index in [9.17, 15) is 14.7 Å². The van der Waals surface area contributed by atoms with Gasteiger partial charge in [-0.05, 0) is 76.3 Å². The third-order valence-corrected chi connectivity index (χ3v) is 8.52. The molecule has 0 radical (unpaired) electrons. The average molecular weight is 441 g/mol. The second-order valence-corrected chi connectivity index (χ2v) is 10.2. The summed E-state index contributed by atoms with van der Waals surface area (Å²) in [4.78, 5) is 33.1. The maximum Gasteiger partial charge on any atom is 0.407 e. The lowest BCUT2D eigenvalue weighted by atomic mass is 9.77. The van der Waals surface area contributed by atoms with Crippen LogP contribution in [0.3, 0.4) is 0 Å². The van der Waals surface area contributed by atoms with Crippen molar-refractivity contribution in [2.24, 2.45) is 5.41 Å².